The summed E-state index contributed by atoms with van der Waals surface area (Å²) in [5.74, 6) is -0.886. The molecule has 0 spiro atoms. The molecule has 0 aliphatic rings. The van der Waals surface area contributed by atoms with Gasteiger partial charge >= 0.3 is 5.97 Å². The van der Waals surface area contributed by atoms with Gasteiger partial charge in [0.15, 0.2) is 0 Å². The van der Waals surface area contributed by atoms with Crippen LogP contribution in [0.4, 0.5) is 5.69 Å². The fourth-order valence-corrected chi connectivity index (χ4v) is 2.11. The lowest BCUT2D eigenvalue weighted by atomic mass is 10.1. The summed E-state index contributed by atoms with van der Waals surface area (Å²) in [6.07, 6.45) is 0. The van der Waals surface area contributed by atoms with Crippen molar-refractivity contribution in [2.45, 2.75) is 6.92 Å². The Labute approximate surface area is 138 Å². The standard InChI is InChI=1S/C16H13Cl2NO3/c1-2-22-16(21)11-5-3-4-6-14(11)19-15(20)10-7-8-12(17)13(18)9-10/h3-9H,2H2,1H3,(H,19,20). The molecule has 0 atom stereocenters. The largest absolute Gasteiger partial charge is 0.462 e. The van der Waals surface area contributed by atoms with E-state index in [1.807, 2.05) is 0 Å². The second kappa shape index (κ2) is 7.29. The average molecular weight is 338 g/mol. The van der Waals surface area contributed by atoms with Crippen molar-refractivity contribution in [3.05, 3.63) is 63.6 Å². The molecule has 6 heteroatoms. The molecule has 0 unspecified atom stereocenters. The van der Waals surface area contributed by atoms with Crippen LogP contribution in [0.1, 0.15) is 27.6 Å². The Morgan fingerprint density at radius 2 is 1.82 bits per heavy atom. The van der Waals surface area contributed by atoms with Crippen molar-refractivity contribution in [2.24, 2.45) is 0 Å². The second-order valence-electron chi connectivity index (χ2n) is 4.35. The van der Waals surface area contributed by atoms with E-state index < -0.39 is 11.9 Å². The first kappa shape index (κ1) is 16.3. The number of benzene rings is 2. The highest BCUT2D eigenvalue weighted by Gasteiger charge is 2.15. The summed E-state index contributed by atoms with van der Waals surface area (Å²) in [5, 5.41) is 3.32. The average Bonchev–Trinajstić information content (AvgIpc) is 2.50. The van der Waals surface area contributed by atoms with Gasteiger partial charge in [0.05, 0.1) is 27.9 Å². The van der Waals surface area contributed by atoms with E-state index in [0.29, 0.717) is 16.3 Å². The number of carbonyl (C=O) groups is 2. The maximum absolute atomic E-state index is 12.2. The van der Waals surface area contributed by atoms with Crippen LogP contribution in [0.2, 0.25) is 10.0 Å². The van der Waals surface area contributed by atoms with Crippen molar-refractivity contribution in [1.82, 2.24) is 0 Å². The quantitative estimate of drug-likeness (QED) is 0.840. The maximum atomic E-state index is 12.2. The van der Waals surface area contributed by atoms with E-state index in [-0.39, 0.29) is 17.2 Å². The van der Waals surface area contributed by atoms with Gasteiger partial charge in [0.1, 0.15) is 0 Å². The lowest BCUT2D eigenvalue weighted by Gasteiger charge is -2.10. The number of rotatable bonds is 4. The highest BCUT2D eigenvalue weighted by Crippen LogP contribution is 2.24. The van der Waals surface area contributed by atoms with E-state index >= 15 is 0 Å². The number of nitrogens with one attached hydrogen (secondary N) is 1. The molecule has 0 fully saturated rings. The molecule has 0 bridgehead atoms. The van der Waals surface area contributed by atoms with Gasteiger partial charge in [-0.15, -0.1) is 0 Å². The fraction of sp³-hybridized carbons (Fsp3) is 0.125. The Kier molecular flexibility index (Phi) is 5.41. The van der Waals surface area contributed by atoms with Crippen molar-refractivity contribution in [3.63, 3.8) is 0 Å². The first-order valence-corrected chi connectivity index (χ1v) is 7.31. The maximum Gasteiger partial charge on any atom is 0.340 e. The third kappa shape index (κ3) is 3.78. The number of hydrogen-bond acceptors (Lipinski definition) is 3. The van der Waals surface area contributed by atoms with Gasteiger partial charge in [0.2, 0.25) is 0 Å². The van der Waals surface area contributed by atoms with Gasteiger partial charge in [-0.3, -0.25) is 4.79 Å². The first-order valence-electron chi connectivity index (χ1n) is 6.55. The van der Waals surface area contributed by atoms with Crippen LogP contribution in [-0.4, -0.2) is 18.5 Å². The molecule has 2 aromatic carbocycles. The van der Waals surface area contributed by atoms with E-state index in [4.69, 9.17) is 27.9 Å². The van der Waals surface area contributed by atoms with Crippen LogP contribution in [-0.2, 0) is 4.74 Å². The van der Waals surface area contributed by atoms with Crippen LogP contribution in [0.15, 0.2) is 42.5 Å². The third-order valence-corrected chi connectivity index (χ3v) is 3.59. The van der Waals surface area contributed by atoms with E-state index in [9.17, 15) is 9.59 Å². The Hall–Kier alpha value is -2.04. The summed E-state index contributed by atoms with van der Waals surface area (Å²) < 4.78 is 4.96. The van der Waals surface area contributed by atoms with Crippen LogP contribution >= 0.6 is 23.2 Å². The molecule has 22 heavy (non-hydrogen) atoms. The molecule has 4 nitrogen and oxygen atoms in total. The monoisotopic (exact) mass is 337 g/mol. The molecule has 0 saturated carbocycles. The Morgan fingerprint density at radius 1 is 1.09 bits per heavy atom. The van der Waals surface area contributed by atoms with Gasteiger partial charge in [-0.1, -0.05) is 35.3 Å². The summed E-state index contributed by atoms with van der Waals surface area (Å²) in [4.78, 5) is 24.1. The van der Waals surface area contributed by atoms with Gasteiger partial charge in [0, 0.05) is 5.56 Å². The molecule has 0 aliphatic heterocycles. The molecular weight excluding hydrogens is 325 g/mol. The van der Waals surface area contributed by atoms with Crippen LogP contribution in [0.5, 0.6) is 0 Å². The summed E-state index contributed by atoms with van der Waals surface area (Å²) in [5.41, 5.74) is 1.00. The number of hydrogen-bond donors (Lipinski definition) is 1. The number of carbonyl (C=O) groups excluding carboxylic acids is 2. The zero-order chi connectivity index (χ0) is 16.1. The molecular formula is C16H13Cl2NO3. The Bertz CT molecular complexity index is 716. The number of anilines is 1. The van der Waals surface area contributed by atoms with Gasteiger partial charge < -0.3 is 10.1 Å². The normalized spacial score (nSPS) is 10.1. The lowest BCUT2D eigenvalue weighted by molar-refractivity contribution is 0.0527. The number of ether oxygens (including phenoxy) is 1. The molecule has 2 aromatic rings. The number of halogens is 2. The Balaban J connectivity index is 2.25. The minimum absolute atomic E-state index is 0.258. The fourth-order valence-electron chi connectivity index (χ4n) is 1.81. The van der Waals surface area contributed by atoms with E-state index in [1.165, 1.54) is 12.1 Å². The van der Waals surface area contributed by atoms with Crippen molar-refractivity contribution in [3.8, 4) is 0 Å². The molecule has 1 N–H and O–H groups in total. The topological polar surface area (TPSA) is 55.4 Å². The molecule has 0 saturated heterocycles. The molecule has 1 amide bonds. The van der Waals surface area contributed by atoms with E-state index in [2.05, 4.69) is 5.32 Å². The second-order valence-corrected chi connectivity index (χ2v) is 5.16. The summed E-state index contributed by atoms with van der Waals surface area (Å²) in [7, 11) is 0. The summed E-state index contributed by atoms with van der Waals surface area (Å²) in [6, 6.07) is 11.2. The SMILES string of the molecule is CCOC(=O)c1ccccc1NC(=O)c1ccc(Cl)c(Cl)c1. The zero-order valence-electron chi connectivity index (χ0n) is 11.7. The highest BCUT2D eigenvalue weighted by atomic mass is 35.5. The minimum atomic E-state index is -0.493. The van der Waals surface area contributed by atoms with Gasteiger partial charge in [-0.2, -0.15) is 0 Å². The molecule has 2 rings (SSSR count). The van der Waals surface area contributed by atoms with Crippen LogP contribution in [0.3, 0.4) is 0 Å². The van der Waals surface area contributed by atoms with E-state index in [0.717, 1.165) is 0 Å². The predicted octanol–water partition coefficient (Wildman–Crippen LogP) is 4.42. The lowest BCUT2D eigenvalue weighted by Crippen LogP contribution is -2.15. The smallest absolute Gasteiger partial charge is 0.340 e. The zero-order valence-corrected chi connectivity index (χ0v) is 13.2. The highest BCUT2D eigenvalue weighted by molar-refractivity contribution is 6.42. The van der Waals surface area contributed by atoms with E-state index in [1.54, 1.807) is 37.3 Å². The van der Waals surface area contributed by atoms with Crippen LogP contribution < -0.4 is 5.32 Å². The number of para-hydroxylation sites is 1. The van der Waals surface area contributed by atoms with Crippen LogP contribution in [0, 0.1) is 0 Å². The molecule has 0 heterocycles. The third-order valence-electron chi connectivity index (χ3n) is 2.85. The molecule has 0 radical (unpaired) electrons. The summed E-state index contributed by atoms with van der Waals surface area (Å²) >= 11 is 11.7. The van der Waals surface area contributed by atoms with Gasteiger partial charge in [-0.25, -0.2) is 4.79 Å². The van der Waals surface area contributed by atoms with Gasteiger partial charge in [0.25, 0.3) is 5.91 Å². The van der Waals surface area contributed by atoms with Crippen molar-refractivity contribution in [2.75, 3.05) is 11.9 Å². The van der Waals surface area contributed by atoms with Crippen molar-refractivity contribution >= 4 is 40.8 Å². The molecule has 0 aliphatic carbocycles. The number of esters is 1. The van der Waals surface area contributed by atoms with Crippen molar-refractivity contribution < 1.29 is 14.3 Å². The Morgan fingerprint density at radius 3 is 2.50 bits per heavy atom. The molecule has 114 valence electrons. The van der Waals surface area contributed by atoms with Crippen LogP contribution in [0.25, 0.3) is 0 Å². The first-order chi connectivity index (χ1) is 10.5. The number of amides is 1. The minimum Gasteiger partial charge on any atom is -0.462 e. The summed E-state index contributed by atoms with van der Waals surface area (Å²) in [6.45, 7) is 1.97. The van der Waals surface area contributed by atoms with Crippen molar-refractivity contribution in [1.29, 1.82) is 0 Å². The molecule has 0 aromatic heterocycles. The van der Waals surface area contributed by atoms with Gasteiger partial charge in [-0.05, 0) is 37.3 Å². The predicted molar refractivity (Wildman–Crippen MR) is 86.8 cm³/mol.